The van der Waals surface area contributed by atoms with Gasteiger partial charge in [-0.2, -0.15) is 0 Å². The van der Waals surface area contributed by atoms with Gasteiger partial charge in [-0.1, -0.05) is 50.1 Å². The third-order valence-corrected chi connectivity index (χ3v) is 5.14. The molecule has 1 aliphatic heterocycles. The number of amides is 1. The highest BCUT2D eigenvalue weighted by atomic mass is 16.2. The first kappa shape index (κ1) is 14.6. The van der Waals surface area contributed by atoms with E-state index in [0.29, 0.717) is 5.41 Å². The van der Waals surface area contributed by atoms with Crippen LogP contribution in [0.1, 0.15) is 45.1 Å². The molecule has 1 saturated carbocycles. The Kier molecular flexibility index (Phi) is 4.03. The summed E-state index contributed by atoms with van der Waals surface area (Å²) in [6.45, 7) is 5.36. The summed E-state index contributed by atoms with van der Waals surface area (Å²) in [6, 6.07) is 10.2. The molecule has 1 aliphatic carbocycles. The fraction of sp³-hybridized carbons (Fsp3) is 0.611. The van der Waals surface area contributed by atoms with Crippen LogP contribution in [0.15, 0.2) is 30.3 Å². The fourth-order valence-corrected chi connectivity index (χ4v) is 3.85. The highest BCUT2D eigenvalue weighted by molar-refractivity contribution is 5.84. The summed E-state index contributed by atoms with van der Waals surface area (Å²) in [5.41, 5.74) is 1.55. The van der Waals surface area contributed by atoms with Crippen LogP contribution < -0.4 is 5.32 Å². The molecule has 3 nitrogen and oxygen atoms in total. The number of carbonyl (C=O) groups excluding carboxylic acids is 1. The fourth-order valence-electron chi connectivity index (χ4n) is 3.85. The van der Waals surface area contributed by atoms with E-state index in [9.17, 15) is 4.79 Å². The predicted octanol–water partition coefficient (Wildman–Crippen LogP) is 2.96. The Labute approximate surface area is 127 Å². The summed E-state index contributed by atoms with van der Waals surface area (Å²) in [5.74, 6) is 0.277. The average molecular weight is 286 g/mol. The van der Waals surface area contributed by atoms with Gasteiger partial charge < -0.3 is 4.90 Å². The largest absolute Gasteiger partial charge is 0.326 e. The molecule has 21 heavy (non-hydrogen) atoms. The van der Waals surface area contributed by atoms with Gasteiger partial charge in [0.05, 0.1) is 12.2 Å². The van der Waals surface area contributed by atoms with E-state index in [4.69, 9.17) is 0 Å². The molecule has 3 heteroatoms. The Hall–Kier alpha value is -1.35. The highest BCUT2D eigenvalue weighted by Crippen LogP contribution is 2.39. The van der Waals surface area contributed by atoms with Crippen molar-refractivity contribution in [3.05, 3.63) is 35.9 Å². The van der Waals surface area contributed by atoms with Crippen LogP contribution in [-0.2, 0) is 11.2 Å². The smallest absolute Gasteiger partial charge is 0.241 e. The predicted molar refractivity (Wildman–Crippen MR) is 84.8 cm³/mol. The van der Waals surface area contributed by atoms with E-state index in [2.05, 4.69) is 36.2 Å². The van der Waals surface area contributed by atoms with Crippen LogP contribution in [0.3, 0.4) is 0 Å². The van der Waals surface area contributed by atoms with Crippen molar-refractivity contribution in [3.8, 4) is 0 Å². The van der Waals surface area contributed by atoms with Crippen LogP contribution in [0.25, 0.3) is 0 Å². The molecule has 2 atom stereocenters. The molecule has 0 spiro atoms. The van der Waals surface area contributed by atoms with Gasteiger partial charge in [-0.05, 0) is 37.2 Å². The quantitative estimate of drug-likeness (QED) is 0.923. The molecule has 0 radical (unpaired) electrons. The van der Waals surface area contributed by atoms with Crippen LogP contribution >= 0.6 is 0 Å². The minimum absolute atomic E-state index is 0.0626. The number of hydrogen-bond acceptors (Lipinski definition) is 2. The molecule has 0 aromatic heterocycles. The summed E-state index contributed by atoms with van der Waals surface area (Å²) in [6.07, 6.45) is 6.09. The van der Waals surface area contributed by atoms with Crippen LogP contribution in [0.2, 0.25) is 0 Å². The van der Waals surface area contributed by atoms with Gasteiger partial charge in [-0.15, -0.1) is 0 Å². The topological polar surface area (TPSA) is 32.3 Å². The zero-order chi connectivity index (χ0) is 14.9. The maximum absolute atomic E-state index is 12.7. The summed E-state index contributed by atoms with van der Waals surface area (Å²) in [5, 5.41) is 3.47. The number of rotatable bonds is 4. The maximum Gasteiger partial charge on any atom is 0.241 e. The molecule has 1 aromatic carbocycles. The minimum Gasteiger partial charge on any atom is -0.326 e. The van der Waals surface area contributed by atoms with E-state index < -0.39 is 0 Å². The lowest BCUT2D eigenvalue weighted by molar-refractivity contribution is -0.131. The number of nitrogens with one attached hydrogen (secondary N) is 1. The molecular formula is C18H26N2O. The van der Waals surface area contributed by atoms with Gasteiger partial charge in [-0.25, -0.2) is 0 Å². The second-order valence-corrected chi connectivity index (χ2v) is 7.07. The van der Waals surface area contributed by atoms with Gasteiger partial charge >= 0.3 is 0 Å². The zero-order valence-electron chi connectivity index (χ0n) is 13.1. The van der Waals surface area contributed by atoms with Crippen molar-refractivity contribution >= 4 is 5.91 Å². The van der Waals surface area contributed by atoms with Crippen LogP contribution in [0, 0.1) is 5.41 Å². The van der Waals surface area contributed by atoms with E-state index in [0.717, 1.165) is 13.0 Å². The van der Waals surface area contributed by atoms with Gasteiger partial charge in [0.1, 0.15) is 0 Å². The summed E-state index contributed by atoms with van der Waals surface area (Å²) >= 11 is 0. The Morgan fingerprint density at radius 3 is 2.57 bits per heavy atom. The molecule has 1 heterocycles. The van der Waals surface area contributed by atoms with Crippen molar-refractivity contribution in [2.75, 3.05) is 6.54 Å². The molecule has 2 fully saturated rings. The van der Waals surface area contributed by atoms with E-state index in [1.165, 1.54) is 31.2 Å². The van der Waals surface area contributed by atoms with Crippen LogP contribution in [0.4, 0.5) is 0 Å². The Morgan fingerprint density at radius 2 is 1.90 bits per heavy atom. The molecular weight excluding hydrogens is 260 g/mol. The Morgan fingerprint density at radius 1 is 1.24 bits per heavy atom. The minimum atomic E-state index is -0.0626. The van der Waals surface area contributed by atoms with Gasteiger partial charge in [-0.3, -0.25) is 10.1 Å². The highest BCUT2D eigenvalue weighted by Gasteiger charge is 2.40. The lowest BCUT2D eigenvalue weighted by Gasteiger charge is -2.32. The molecule has 1 N–H and O–H groups in total. The van der Waals surface area contributed by atoms with E-state index in [1.54, 1.807) is 0 Å². The lowest BCUT2D eigenvalue weighted by atomic mass is 9.88. The van der Waals surface area contributed by atoms with Crippen LogP contribution in [0.5, 0.6) is 0 Å². The van der Waals surface area contributed by atoms with Gasteiger partial charge in [0, 0.05) is 6.54 Å². The van der Waals surface area contributed by atoms with Gasteiger partial charge in [0.25, 0.3) is 0 Å². The van der Waals surface area contributed by atoms with E-state index in [-0.39, 0.29) is 18.1 Å². The van der Waals surface area contributed by atoms with Crippen molar-refractivity contribution < 1.29 is 4.79 Å². The molecule has 114 valence electrons. The first-order valence-corrected chi connectivity index (χ1v) is 8.18. The number of carbonyl (C=O) groups is 1. The van der Waals surface area contributed by atoms with Gasteiger partial charge in [0.15, 0.2) is 0 Å². The standard InChI is InChI=1S/C18H26N2O/c1-14-19-16(12-15-8-4-3-5-9-15)17(21)20(14)13-18(2)10-6-7-11-18/h3-5,8-9,14,16,19H,6-7,10-13H2,1-2H3. The van der Waals surface area contributed by atoms with Crippen LogP contribution in [-0.4, -0.2) is 29.6 Å². The molecule has 0 bridgehead atoms. The SMILES string of the molecule is CC1NC(Cc2ccccc2)C(=O)N1CC1(C)CCCC1. The third kappa shape index (κ3) is 3.13. The Balaban J connectivity index is 1.66. The molecule has 1 aromatic rings. The first-order chi connectivity index (χ1) is 10.1. The number of hydrogen-bond donors (Lipinski definition) is 1. The van der Waals surface area contributed by atoms with Crippen molar-refractivity contribution in [1.29, 1.82) is 0 Å². The normalized spacial score (nSPS) is 28.3. The molecule has 1 saturated heterocycles. The second-order valence-electron chi connectivity index (χ2n) is 7.07. The Bertz CT molecular complexity index is 493. The zero-order valence-corrected chi connectivity index (χ0v) is 13.1. The molecule has 3 rings (SSSR count). The summed E-state index contributed by atoms with van der Waals surface area (Å²) in [4.78, 5) is 14.8. The van der Waals surface area contributed by atoms with E-state index >= 15 is 0 Å². The average Bonchev–Trinajstić information content (AvgIpc) is 3.00. The monoisotopic (exact) mass is 286 g/mol. The van der Waals surface area contributed by atoms with Crippen molar-refractivity contribution in [2.45, 2.75) is 58.2 Å². The molecule has 2 unspecified atom stereocenters. The number of nitrogens with zero attached hydrogens (tertiary/aromatic N) is 1. The lowest BCUT2D eigenvalue weighted by Crippen LogP contribution is -2.41. The van der Waals surface area contributed by atoms with Gasteiger partial charge in [0.2, 0.25) is 5.91 Å². The molecule has 1 amide bonds. The molecule has 2 aliphatic rings. The maximum atomic E-state index is 12.7. The van der Waals surface area contributed by atoms with Crippen molar-refractivity contribution in [2.24, 2.45) is 5.41 Å². The first-order valence-electron chi connectivity index (χ1n) is 8.18. The summed E-state index contributed by atoms with van der Waals surface area (Å²) < 4.78 is 0. The third-order valence-electron chi connectivity index (χ3n) is 5.14. The van der Waals surface area contributed by atoms with Crippen molar-refractivity contribution in [1.82, 2.24) is 10.2 Å². The van der Waals surface area contributed by atoms with Crippen molar-refractivity contribution in [3.63, 3.8) is 0 Å². The number of benzene rings is 1. The second kappa shape index (κ2) is 5.80. The van der Waals surface area contributed by atoms with E-state index in [1.807, 2.05) is 18.2 Å². The summed E-state index contributed by atoms with van der Waals surface area (Å²) in [7, 11) is 0.